The summed E-state index contributed by atoms with van der Waals surface area (Å²) in [5.41, 5.74) is 10.3. The Morgan fingerprint density at radius 1 is 1.10 bits per heavy atom. The van der Waals surface area contributed by atoms with Gasteiger partial charge in [-0.05, 0) is 56.9 Å². The van der Waals surface area contributed by atoms with E-state index in [9.17, 15) is 0 Å². The molecule has 0 spiro atoms. The maximum absolute atomic E-state index is 7.42. The minimum Gasteiger partial charge on any atom is -0.330 e. The van der Waals surface area contributed by atoms with Gasteiger partial charge >= 0.3 is 0 Å². The number of hydrogen-bond donors (Lipinski definition) is 1. The van der Waals surface area contributed by atoms with E-state index in [2.05, 4.69) is 30.5 Å². The summed E-state index contributed by atoms with van der Waals surface area (Å²) >= 11 is 0. The van der Waals surface area contributed by atoms with Crippen LogP contribution in [0.15, 0.2) is 36.8 Å². The number of aromatic nitrogens is 4. The van der Waals surface area contributed by atoms with Crippen LogP contribution in [0.2, 0.25) is 0 Å². The third-order valence-electron chi connectivity index (χ3n) is 5.80. The molecule has 0 amide bonds. The lowest BCUT2D eigenvalue weighted by molar-refractivity contribution is 0.218. The van der Waals surface area contributed by atoms with E-state index in [0.29, 0.717) is 24.6 Å². The Bertz CT molecular complexity index is 1060. The molecule has 0 atom stereocenters. The molecular weight excluding hydrogens is 386 g/mol. The number of aryl methyl sites for hydroxylation is 1. The Kier molecular flexibility index (Phi) is 6.70. The lowest BCUT2D eigenvalue weighted by Gasteiger charge is -2.25. The topological polar surface area (TPSA) is 77.2 Å². The van der Waals surface area contributed by atoms with Gasteiger partial charge in [-0.1, -0.05) is 24.6 Å². The van der Waals surface area contributed by atoms with Crippen LogP contribution in [0.1, 0.15) is 41.9 Å². The monoisotopic (exact) mass is 415 g/mol. The highest BCUT2D eigenvalue weighted by molar-refractivity contribution is 5.65. The summed E-state index contributed by atoms with van der Waals surface area (Å²) in [6.07, 6.45) is 10.5. The Hall–Kier alpha value is -3.08. The molecule has 1 saturated heterocycles. The first kappa shape index (κ1) is 21.2. The predicted molar refractivity (Wildman–Crippen MR) is 122 cm³/mol. The Balaban J connectivity index is 1.59. The van der Waals surface area contributed by atoms with Crippen LogP contribution in [0.3, 0.4) is 0 Å². The molecule has 4 rings (SSSR count). The second-order valence-electron chi connectivity index (χ2n) is 8.15. The van der Waals surface area contributed by atoms with Gasteiger partial charge in [0.25, 0.3) is 0 Å². The zero-order chi connectivity index (χ0) is 21.6. The minimum atomic E-state index is 0.577. The number of rotatable bonds is 7. The normalized spacial score (nSPS) is 14.5. The van der Waals surface area contributed by atoms with E-state index in [1.807, 2.05) is 37.5 Å². The van der Waals surface area contributed by atoms with E-state index in [4.69, 9.17) is 17.3 Å². The quantitative estimate of drug-likeness (QED) is 0.595. The van der Waals surface area contributed by atoms with Gasteiger partial charge in [-0.3, -0.25) is 4.90 Å². The Morgan fingerprint density at radius 3 is 2.58 bits per heavy atom. The summed E-state index contributed by atoms with van der Waals surface area (Å²) in [5, 5.41) is 0. The highest BCUT2D eigenvalue weighted by atomic mass is 15.2. The Morgan fingerprint density at radius 2 is 1.87 bits per heavy atom. The van der Waals surface area contributed by atoms with Crippen molar-refractivity contribution in [3.05, 3.63) is 70.9 Å². The van der Waals surface area contributed by atoms with Crippen LogP contribution in [0.5, 0.6) is 0 Å². The van der Waals surface area contributed by atoms with E-state index >= 15 is 0 Å². The number of nitrogens with two attached hydrogens (primary N) is 1. The van der Waals surface area contributed by atoms with Crippen molar-refractivity contribution in [2.75, 3.05) is 19.6 Å². The molecule has 2 N–H and O–H groups in total. The van der Waals surface area contributed by atoms with Gasteiger partial charge in [-0.25, -0.2) is 19.8 Å². The first-order valence-electron chi connectivity index (χ1n) is 10.9. The molecule has 1 aliphatic heterocycles. The highest BCUT2D eigenvalue weighted by Gasteiger charge is 2.15. The number of nitrogens with zero attached hydrogens (tertiary/aromatic N) is 6. The standard InChI is InChI=1S/C24H29N7/c1-18-29-22(16-30-10-4-3-5-11-30)17-31(18)15-20-12-21(26-2)6-7-23(20)24-27-13-19(8-9-25)14-28-24/h6-7,12-14,17H,3-5,8-11,15-16,25H2,1H3. The molecule has 0 bridgehead atoms. The molecule has 31 heavy (non-hydrogen) atoms. The largest absolute Gasteiger partial charge is 0.330 e. The summed E-state index contributed by atoms with van der Waals surface area (Å²) in [6, 6.07) is 5.70. The predicted octanol–water partition coefficient (Wildman–Crippen LogP) is 3.73. The molecule has 160 valence electrons. The second-order valence-corrected chi connectivity index (χ2v) is 8.15. The van der Waals surface area contributed by atoms with Crippen molar-refractivity contribution in [1.29, 1.82) is 0 Å². The second kappa shape index (κ2) is 9.82. The van der Waals surface area contributed by atoms with Crippen LogP contribution in [-0.2, 0) is 19.5 Å². The summed E-state index contributed by atoms with van der Waals surface area (Å²) in [6.45, 7) is 13.9. The lowest BCUT2D eigenvalue weighted by Crippen LogP contribution is -2.29. The maximum Gasteiger partial charge on any atom is 0.187 e. The van der Waals surface area contributed by atoms with Crippen molar-refractivity contribution in [2.24, 2.45) is 5.73 Å². The van der Waals surface area contributed by atoms with Crippen LogP contribution in [0, 0.1) is 13.5 Å². The molecule has 1 aromatic carbocycles. The van der Waals surface area contributed by atoms with E-state index in [-0.39, 0.29) is 0 Å². The van der Waals surface area contributed by atoms with Gasteiger partial charge in [0.1, 0.15) is 5.82 Å². The maximum atomic E-state index is 7.42. The summed E-state index contributed by atoms with van der Waals surface area (Å²) < 4.78 is 2.16. The average Bonchev–Trinajstić information content (AvgIpc) is 3.13. The van der Waals surface area contributed by atoms with Crippen molar-refractivity contribution in [2.45, 2.75) is 45.7 Å². The SMILES string of the molecule is [C-]#[N+]c1ccc(-c2ncc(CCN)cn2)c(Cn2cc(CN3CCCCC3)nc2C)c1. The van der Waals surface area contributed by atoms with Crippen molar-refractivity contribution in [3.63, 3.8) is 0 Å². The molecule has 1 aliphatic rings. The summed E-state index contributed by atoms with van der Waals surface area (Å²) in [7, 11) is 0. The van der Waals surface area contributed by atoms with E-state index in [1.54, 1.807) is 0 Å². The van der Waals surface area contributed by atoms with Gasteiger partial charge in [0.05, 0.1) is 12.3 Å². The minimum absolute atomic E-state index is 0.577. The van der Waals surface area contributed by atoms with E-state index in [1.165, 1.54) is 19.3 Å². The summed E-state index contributed by atoms with van der Waals surface area (Å²) in [4.78, 5) is 20.0. The molecule has 0 aliphatic carbocycles. The van der Waals surface area contributed by atoms with Crippen LogP contribution in [-0.4, -0.2) is 44.1 Å². The molecule has 0 radical (unpaired) electrons. The molecule has 7 nitrogen and oxygen atoms in total. The zero-order valence-corrected chi connectivity index (χ0v) is 18.1. The van der Waals surface area contributed by atoms with E-state index in [0.717, 1.165) is 54.3 Å². The van der Waals surface area contributed by atoms with Gasteiger partial charge < -0.3 is 10.3 Å². The molecule has 0 saturated carbocycles. The Labute approximate surface area is 183 Å². The fraction of sp³-hybridized carbons (Fsp3) is 0.417. The number of benzene rings is 1. The number of piperidine rings is 1. The van der Waals surface area contributed by atoms with Gasteiger partial charge in [0.15, 0.2) is 11.5 Å². The molecule has 2 aromatic heterocycles. The van der Waals surface area contributed by atoms with Crippen molar-refractivity contribution >= 4 is 5.69 Å². The van der Waals surface area contributed by atoms with Gasteiger partial charge in [0.2, 0.25) is 0 Å². The zero-order valence-electron chi connectivity index (χ0n) is 18.1. The molecule has 7 heteroatoms. The van der Waals surface area contributed by atoms with Crippen molar-refractivity contribution in [1.82, 2.24) is 24.4 Å². The average molecular weight is 416 g/mol. The van der Waals surface area contributed by atoms with E-state index < -0.39 is 0 Å². The first-order chi connectivity index (χ1) is 15.2. The van der Waals surface area contributed by atoms with Crippen LogP contribution in [0.25, 0.3) is 16.2 Å². The molecule has 3 heterocycles. The fourth-order valence-corrected chi connectivity index (χ4v) is 4.13. The van der Waals surface area contributed by atoms with Crippen molar-refractivity contribution < 1.29 is 0 Å². The number of likely N-dealkylation sites (tertiary alicyclic amines) is 1. The fourth-order valence-electron chi connectivity index (χ4n) is 4.13. The molecular formula is C24H29N7. The van der Waals surface area contributed by atoms with Crippen LogP contribution >= 0.6 is 0 Å². The van der Waals surface area contributed by atoms with Crippen molar-refractivity contribution in [3.8, 4) is 11.4 Å². The molecule has 3 aromatic rings. The molecule has 0 unspecified atom stereocenters. The van der Waals surface area contributed by atoms with Gasteiger partial charge in [-0.15, -0.1) is 0 Å². The van der Waals surface area contributed by atoms with Crippen LogP contribution < -0.4 is 5.73 Å². The third kappa shape index (κ3) is 5.16. The smallest absolute Gasteiger partial charge is 0.187 e. The van der Waals surface area contributed by atoms with Crippen LogP contribution in [0.4, 0.5) is 5.69 Å². The highest BCUT2D eigenvalue weighted by Crippen LogP contribution is 2.27. The molecule has 1 fully saturated rings. The van der Waals surface area contributed by atoms with Gasteiger partial charge in [0, 0.05) is 37.2 Å². The lowest BCUT2D eigenvalue weighted by atomic mass is 10.1. The number of hydrogen-bond acceptors (Lipinski definition) is 5. The third-order valence-corrected chi connectivity index (χ3v) is 5.80. The van der Waals surface area contributed by atoms with Gasteiger partial charge in [-0.2, -0.15) is 0 Å². The number of imidazole rings is 1. The first-order valence-corrected chi connectivity index (χ1v) is 10.9. The summed E-state index contributed by atoms with van der Waals surface area (Å²) in [5.74, 6) is 1.64.